The molecule has 0 rings (SSSR count). The Hall–Kier alpha value is -0.660. The average Bonchev–Trinajstić information content (AvgIpc) is 2.40. The lowest BCUT2D eigenvalue weighted by Gasteiger charge is -2.19. The summed E-state index contributed by atoms with van der Waals surface area (Å²) < 4.78 is 24.3. The molecule has 2 unspecified atom stereocenters. The van der Waals surface area contributed by atoms with Crippen molar-refractivity contribution in [3.63, 3.8) is 0 Å². The van der Waals surface area contributed by atoms with Gasteiger partial charge in [-0.2, -0.15) is 0 Å². The maximum Gasteiger partial charge on any atom is 0.237 e. The van der Waals surface area contributed by atoms with Crippen molar-refractivity contribution in [1.82, 2.24) is 9.62 Å². The Morgan fingerprint density at radius 1 is 1.37 bits per heavy atom. The largest absolute Gasteiger partial charge is 0.355 e. The van der Waals surface area contributed by atoms with Gasteiger partial charge in [-0.15, -0.1) is 0 Å². The molecule has 0 aliphatic heterocycles. The Bertz CT molecular complexity index is 370. The summed E-state index contributed by atoms with van der Waals surface area (Å²) in [5.74, 6) is 0.0628. The number of nitrogens with zero attached hydrogens (tertiary/aromatic N) is 1. The number of nitrogens with one attached hydrogen (secondary N) is 1. The molecular weight excluding hydrogens is 266 g/mol. The van der Waals surface area contributed by atoms with Gasteiger partial charge in [-0.25, -0.2) is 12.7 Å². The number of rotatable bonds is 9. The van der Waals surface area contributed by atoms with E-state index in [4.69, 9.17) is 5.73 Å². The van der Waals surface area contributed by atoms with E-state index in [2.05, 4.69) is 5.32 Å². The highest BCUT2D eigenvalue weighted by Crippen LogP contribution is 2.05. The van der Waals surface area contributed by atoms with Gasteiger partial charge < -0.3 is 11.1 Å². The van der Waals surface area contributed by atoms with Gasteiger partial charge in [-0.1, -0.05) is 20.3 Å². The second-order valence-corrected chi connectivity index (χ2v) is 7.14. The summed E-state index contributed by atoms with van der Waals surface area (Å²) in [7, 11) is -1.59. The lowest BCUT2D eigenvalue weighted by atomic mass is 9.99. The fraction of sp³-hybridized carbons (Fsp3) is 0.917. The predicted octanol–water partition coefficient (Wildman–Crippen LogP) is 0.148. The summed E-state index contributed by atoms with van der Waals surface area (Å²) >= 11 is 0. The van der Waals surface area contributed by atoms with Crippen molar-refractivity contribution in [2.75, 3.05) is 25.9 Å². The molecule has 3 N–H and O–H groups in total. The monoisotopic (exact) mass is 293 g/mol. The molecule has 0 aromatic carbocycles. The third-order valence-corrected chi connectivity index (χ3v) is 5.21. The summed E-state index contributed by atoms with van der Waals surface area (Å²) in [6.07, 6.45) is 1.43. The van der Waals surface area contributed by atoms with Crippen LogP contribution < -0.4 is 11.1 Å². The van der Waals surface area contributed by atoms with E-state index in [-0.39, 0.29) is 17.6 Å². The molecule has 1 amide bonds. The fourth-order valence-electron chi connectivity index (χ4n) is 1.50. The maximum atomic E-state index is 11.7. The van der Waals surface area contributed by atoms with Crippen molar-refractivity contribution in [3.8, 4) is 0 Å². The summed E-state index contributed by atoms with van der Waals surface area (Å²) in [6, 6.07) is -0.498. The number of hydrogen-bond donors (Lipinski definition) is 2. The zero-order chi connectivity index (χ0) is 15.1. The van der Waals surface area contributed by atoms with E-state index in [1.54, 1.807) is 14.0 Å². The second kappa shape index (κ2) is 8.50. The molecule has 0 spiro atoms. The van der Waals surface area contributed by atoms with Crippen LogP contribution in [0.4, 0.5) is 0 Å². The van der Waals surface area contributed by atoms with Crippen LogP contribution in [0.1, 0.15) is 33.6 Å². The van der Waals surface area contributed by atoms with Crippen LogP contribution in [0.15, 0.2) is 0 Å². The van der Waals surface area contributed by atoms with Crippen molar-refractivity contribution >= 4 is 15.9 Å². The minimum Gasteiger partial charge on any atom is -0.355 e. The van der Waals surface area contributed by atoms with Crippen LogP contribution >= 0.6 is 0 Å². The molecule has 2 atom stereocenters. The molecule has 0 saturated heterocycles. The SMILES string of the molecule is CCC(C)C(N)C(=O)NCCCN(C)S(=O)(=O)CC. The van der Waals surface area contributed by atoms with E-state index in [1.807, 2.05) is 13.8 Å². The average molecular weight is 293 g/mol. The molecule has 0 aromatic rings. The Balaban J connectivity index is 3.96. The minimum absolute atomic E-state index is 0.0920. The van der Waals surface area contributed by atoms with E-state index in [0.717, 1.165) is 6.42 Å². The molecule has 19 heavy (non-hydrogen) atoms. The number of carbonyl (C=O) groups is 1. The number of sulfonamides is 1. The zero-order valence-corrected chi connectivity index (χ0v) is 13.2. The van der Waals surface area contributed by atoms with E-state index in [0.29, 0.717) is 19.5 Å². The van der Waals surface area contributed by atoms with Crippen LogP contribution in [0, 0.1) is 5.92 Å². The predicted molar refractivity (Wildman–Crippen MR) is 77.1 cm³/mol. The van der Waals surface area contributed by atoms with Gasteiger partial charge in [0.05, 0.1) is 11.8 Å². The number of carbonyl (C=O) groups excluding carboxylic acids is 1. The summed E-state index contributed by atoms with van der Waals surface area (Å²) in [4.78, 5) is 11.7. The first kappa shape index (κ1) is 18.3. The van der Waals surface area contributed by atoms with Crippen LogP contribution in [0.25, 0.3) is 0 Å². The van der Waals surface area contributed by atoms with E-state index < -0.39 is 16.1 Å². The topological polar surface area (TPSA) is 92.5 Å². The molecule has 0 radical (unpaired) electrons. The summed E-state index contributed by atoms with van der Waals surface area (Å²) in [5.41, 5.74) is 5.79. The third-order valence-electron chi connectivity index (χ3n) is 3.35. The highest BCUT2D eigenvalue weighted by molar-refractivity contribution is 7.89. The van der Waals surface area contributed by atoms with Crippen molar-refractivity contribution < 1.29 is 13.2 Å². The molecule has 0 heterocycles. The van der Waals surface area contributed by atoms with Crippen LogP contribution in [0.5, 0.6) is 0 Å². The molecule has 0 fully saturated rings. The van der Waals surface area contributed by atoms with Crippen LogP contribution in [0.3, 0.4) is 0 Å². The van der Waals surface area contributed by atoms with Crippen LogP contribution in [0.2, 0.25) is 0 Å². The molecule has 114 valence electrons. The van der Waals surface area contributed by atoms with Crippen LogP contribution in [-0.2, 0) is 14.8 Å². The lowest BCUT2D eigenvalue weighted by molar-refractivity contribution is -0.123. The van der Waals surface area contributed by atoms with Gasteiger partial charge in [0.2, 0.25) is 15.9 Å². The van der Waals surface area contributed by atoms with E-state index in [1.165, 1.54) is 4.31 Å². The van der Waals surface area contributed by atoms with Gasteiger partial charge in [0.1, 0.15) is 0 Å². The smallest absolute Gasteiger partial charge is 0.237 e. The Kier molecular flexibility index (Phi) is 8.20. The molecule has 0 aliphatic rings. The van der Waals surface area contributed by atoms with Crippen LogP contribution in [-0.4, -0.2) is 50.6 Å². The third kappa shape index (κ3) is 6.35. The quantitative estimate of drug-likeness (QED) is 0.592. The van der Waals surface area contributed by atoms with Gasteiger partial charge in [0.15, 0.2) is 0 Å². The van der Waals surface area contributed by atoms with Gasteiger partial charge in [-0.3, -0.25) is 4.79 Å². The first-order valence-electron chi connectivity index (χ1n) is 6.73. The maximum absolute atomic E-state index is 11.7. The van der Waals surface area contributed by atoms with Crippen molar-refractivity contribution in [1.29, 1.82) is 0 Å². The Morgan fingerprint density at radius 2 is 1.95 bits per heavy atom. The standard InChI is InChI=1S/C12H27N3O3S/c1-5-10(3)11(13)12(16)14-8-7-9-15(4)19(17,18)6-2/h10-11H,5-9,13H2,1-4H3,(H,14,16). The number of amides is 1. The highest BCUT2D eigenvalue weighted by Gasteiger charge is 2.19. The highest BCUT2D eigenvalue weighted by atomic mass is 32.2. The second-order valence-electron chi connectivity index (χ2n) is 4.78. The molecule has 0 aromatic heterocycles. The summed E-state index contributed by atoms with van der Waals surface area (Å²) in [5, 5.41) is 2.74. The molecule has 0 aliphatic carbocycles. The molecule has 0 saturated carbocycles. The van der Waals surface area contributed by atoms with Gasteiger partial charge in [-0.05, 0) is 19.3 Å². The first-order chi connectivity index (χ1) is 8.76. The number of hydrogen-bond acceptors (Lipinski definition) is 4. The molecular formula is C12H27N3O3S. The van der Waals surface area contributed by atoms with E-state index in [9.17, 15) is 13.2 Å². The molecule has 6 nitrogen and oxygen atoms in total. The molecule has 7 heteroatoms. The molecule has 0 bridgehead atoms. The lowest BCUT2D eigenvalue weighted by Crippen LogP contribution is -2.45. The van der Waals surface area contributed by atoms with E-state index >= 15 is 0 Å². The minimum atomic E-state index is -3.14. The van der Waals surface area contributed by atoms with Crippen molar-refractivity contribution in [2.24, 2.45) is 11.7 Å². The van der Waals surface area contributed by atoms with Gasteiger partial charge in [0.25, 0.3) is 0 Å². The van der Waals surface area contributed by atoms with Gasteiger partial charge in [0, 0.05) is 20.1 Å². The first-order valence-corrected chi connectivity index (χ1v) is 8.34. The normalized spacial score (nSPS) is 15.3. The fourth-order valence-corrected chi connectivity index (χ4v) is 2.35. The zero-order valence-electron chi connectivity index (χ0n) is 12.3. The van der Waals surface area contributed by atoms with Crippen molar-refractivity contribution in [2.45, 2.75) is 39.7 Å². The number of nitrogens with two attached hydrogens (primary N) is 1. The van der Waals surface area contributed by atoms with Crippen molar-refractivity contribution in [3.05, 3.63) is 0 Å². The summed E-state index contributed by atoms with van der Waals surface area (Å²) in [6.45, 7) is 6.37. The van der Waals surface area contributed by atoms with Gasteiger partial charge >= 0.3 is 0 Å². The Labute approximate surface area is 116 Å². The Morgan fingerprint density at radius 3 is 2.42 bits per heavy atom.